The highest BCUT2D eigenvalue weighted by atomic mass is 16.7. The largest absolute Gasteiger partial charge is 0.497 e. The molecule has 2 aromatic carbocycles. The molecule has 2 aliphatic heterocycles. The number of hydrogen-bond acceptors (Lipinski definition) is 7. The zero-order valence-corrected chi connectivity index (χ0v) is 17.1. The number of nitrogens with zero attached hydrogens (tertiary/aromatic N) is 3. The van der Waals surface area contributed by atoms with Gasteiger partial charge in [-0.25, -0.2) is 0 Å². The predicted molar refractivity (Wildman–Crippen MR) is 109 cm³/mol. The van der Waals surface area contributed by atoms with E-state index in [2.05, 4.69) is 18.2 Å². The first-order chi connectivity index (χ1) is 14.9. The second-order valence-electron chi connectivity index (χ2n) is 7.91. The Morgan fingerprint density at radius 3 is 2.19 bits per heavy atom. The lowest BCUT2D eigenvalue weighted by atomic mass is 9.52. The Balaban J connectivity index is 1.91. The minimum Gasteiger partial charge on any atom is -0.497 e. The van der Waals surface area contributed by atoms with Crippen molar-refractivity contribution in [3.05, 3.63) is 65.7 Å². The maximum absolute atomic E-state index is 10.4. The lowest BCUT2D eigenvalue weighted by Crippen LogP contribution is -2.59. The van der Waals surface area contributed by atoms with Crippen molar-refractivity contribution in [1.29, 1.82) is 21.2 Å². The Kier molecular flexibility index (Phi) is 4.69. The lowest BCUT2D eigenvalue weighted by Gasteiger charge is -2.48. The molecule has 4 rings (SSSR count). The summed E-state index contributed by atoms with van der Waals surface area (Å²) in [5.74, 6) is -1.88. The minimum absolute atomic E-state index is 0.313. The molecule has 1 N–H and O–H groups in total. The predicted octanol–water partition coefficient (Wildman–Crippen LogP) is 3.89. The van der Waals surface area contributed by atoms with E-state index in [1.54, 1.807) is 31.2 Å². The van der Waals surface area contributed by atoms with E-state index in [4.69, 9.17) is 19.6 Å². The van der Waals surface area contributed by atoms with Crippen LogP contribution in [0.4, 0.5) is 0 Å². The van der Waals surface area contributed by atoms with Crippen LogP contribution in [0.1, 0.15) is 24.2 Å². The number of ether oxygens (including phenoxy) is 3. The molecule has 2 fully saturated rings. The second-order valence-corrected chi connectivity index (χ2v) is 7.91. The summed E-state index contributed by atoms with van der Waals surface area (Å²) in [6.07, 6.45) is -0.777. The van der Waals surface area contributed by atoms with Gasteiger partial charge in [0.25, 0.3) is 0 Å². The van der Waals surface area contributed by atoms with E-state index < -0.39 is 34.5 Å². The van der Waals surface area contributed by atoms with Gasteiger partial charge in [-0.15, -0.1) is 0 Å². The molecule has 154 valence electrons. The Bertz CT molecular complexity index is 1130. The topological polar surface area (TPSA) is 123 Å². The Morgan fingerprint density at radius 1 is 1.00 bits per heavy atom. The van der Waals surface area contributed by atoms with Crippen molar-refractivity contribution < 1.29 is 14.2 Å². The zero-order chi connectivity index (χ0) is 22.3. The van der Waals surface area contributed by atoms with Crippen LogP contribution < -0.4 is 4.74 Å². The monoisotopic (exact) mass is 412 g/mol. The molecule has 2 saturated heterocycles. The molecule has 0 spiro atoms. The molecule has 2 aromatic rings. The lowest BCUT2D eigenvalue weighted by molar-refractivity contribution is -0.272. The van der Waals surface area contributed by atoms with Crippen molar-refractivity contribution in [1.82, 2.24) is 0 Å². The van der Waals surface area contributed by atoms with Gasteiger partial charge in [-0.2, -0.15) is 15.8 Å². The summed E-state index contributed by atoms with van der Waals surface area (Å²) in [7, 11) is 1.54. The van der Waals surface area contributed by atoms with Crippen molar-refractivity contribution in [2.24, 2.45) is 16.7 Å². The fourth-order valence-corrected chi connectivity index (χ4v) is 4.82. The van der Waals surface area contributed by atoms with Crippen molar-refractivity contribution in [3.63, 3.8) is 0 Å². The normalized spacial score (nSPS) is 30.4. The van der Waals surface area contributed by atoms with Gasteiger partial charge in [-0.05, 0) is 29.7 Å². The molecule has 0 aromatic heterocycles. The molecule has 0 radical (unpaired) electrons. The molecule has 4 unspecified atom stereocenters. The summed E-state index contributed by atoms with van der Waals surface area (Å²) in [5.41, 5.74) is -2.36. The molecule has 0 aliphatic carbocycles. The van der Waals surface area contributed by atoms with Gasteiger partial charge in [-0.1, -0.05) is 42.5 Å². The third-order valence-corrected chi connectivity index (χ3v) is 6.42. The Hall–Kier alpha value is -3.86. The average Bonchev–Trinajstić information content (AvgIpc) is 2.96. The first-order valence-electron chi connectivity index (χ1n) is 9.78. The van der Waals surface area contributed by atoms with Crippen molar-refractivity contribution in [2.45, 2.75) is 25.2 Å². The smallest absolute Gasteiger partial charge is 0.215 e. The van der Waals surface area contributed by atoms with Crippen molar-refractivity contribution in [2.75, 3.05) is 7.11 Å². The van der Waals surface area contributed by atoms with Crippen LogP contribution in [0.25, 0.3) is 0 Å². The van der Waals surface area contributed by atoms with Gasteiger partial charge >= 0.3 is 0 Å². The van der Waals surface area contributed by atoms with E-state index in [9.17, 15) is 15.8 Å². The third-order valence-electron chi connectivity index (χ3n) is 6.42. The summed E-state index contributed by atoms with van der Waals surface area (Å²) in [6, 6.07) is 22.5. The van der Waals surface area contributed by atoms with Crippen LogP contribution >= 0.6 is 0 Å². The van der Waals surface area contributed by atoms with Gasteiger partial charge in [0.1, 0.15) is 11.9 Å². The molecule has 7 nitrogen and oxygen atoms in total. The van der Waals surface area contributed by atoms with E-state index in [-0.39, 0.29) is 0 Å². The number of rotatable bonds is 4. The summed E-state index contributed by atoms with van der Waals surface area (Å²) in [6.45, 7) is 1.67. The van der Waals surface area contributed by atoms with Crippen molar-refractivity contribution in [3.8, 4) is 24.0 Å². The quantitative estimate of drug-likeness (QED) is 0.812. The van der Waals surface area contributed by atoms with Crippen LogP contribution in [0.3, 0.4) is 0 Å². The summed E-state index contributed by atoms with van der Waals surface area (Å²) < 4.78 is 17.3. The zero-order valence-electron chi connectivity index (χ0n) is 17.1. The number of methoxy groups -OCH3 is 1. The molecule has 0 saturated carbocycles. The first kappa shape index (κ1) is 20.4. The molecular formula is C24H20N4O3. The van der Waals surface area contributed by atoms with Gasteiger partial charge in [0.2, 0.25) is 17.1 Å². The highest BCUT2D eigenvalue weighted by Crippen LogP contribution is 2.66. The molecule has 7 heteroatoms. The van der Waals surface area contributed by atoms with Gasteiger partial charge in [0.05, 0.1) is 31.2 Å². The van der Waals surface area contributed by atoms with Crippen LogP contribution in [0.2, 0.25) is 0 Å². The van der Waals surface area contributed by atoms with E-state index in [1.807, 2.05) is 30.3 Å². The molecular weight excluding hydrogens is 392 g/mol. The van der Waals surface area contributed by atoms with E-state index in [0.717, 1.165) is 5.56 Å². The molecule has 2 bridgehead atoms. The number of benzene rings is 2. The van der Waals surface area contributed by atoms with Crippen LogP contribution in [-0.2, 0) is 15.9 Å². The maximum atomic E-state index is 10.4. The highest BCUT2D eigenvalue weighted by Gasteiger charge is 2.79. The molecule has 0 amide bonds. The van der Waals surface area contributed by atoms with E-state index in [1.165, 1.54) is 7.11 Å². The molecule has 2 heterocycles. The van der Waals surface area contributed by atoms with E-state index in [0.29, 0.717) is 17.7 Å². The number of fused-ring (bicyclic) bond motifs is 2. The van der Waals surface area contributed by atoms with Gasteiger partial charge in [0.15, 0.2) is 5.41 Å². The summed E-state index contributed by atoms with van der Waals surface area (Å²) in [5, 5.41) is 39.6. The second kappa shape index (κ2) is 7.13. The van der Waals surface area contributed by atoms with Crippen LogP contribution in [0, 0.1) is 56.2 Å². The van der Waals surface area contributed by atoms with Crippen LogP contribution in [-0.4, -0.2) is 18.8 Å². The first-order valence-corrected chi connectivity index (χ1v) is 9.78. The number of hydrogen-bond donors (Lipinski definition) is 1. The van der Waals surface area contributed by atoms with E-state index >= 15 is 0 Å². The van der Waals surface area contributed by atoms with Gasteiger partial charge in [-0.3, -0.25) is 5.41 Å². The average molecular weight is 412 g/mol. The Morgan fingerprint density at radius 2 is 1.65 bits per heavy atom. The maximum Gasteiger partial charge on any atom is 0.215 e. The SMILES string of the molecule is COc1ccc(C2OC3(C)OC(=N)C(C#N)(C3Cc3ccccc3)C2(C#N)C#N)cc1. The van der Waals surface area contributed by atoms with Gasteiger partial charge < -0.3 is 14.2 Å². The summed E-state index contributed by atoms with van der Waals surface area (Å²) >= 11 is 0. The molecule has 31 heavy (non-hydrogen) atoms. The number of nitrogens with one attached hydrogen (secondary N) is 1. The fourth-order valence-electron chi connectivity index (χ4n) is 4.82. The standard InChI is InChI=1S/C24H20N4O3/c1-22-19(12-16-6-4-3-5-7-16)24(15-27,21(28)31-22)23(13-25,14-26)20(30-22)17-8-10-18(29-2)11-9-17/h3-11,19-20,28H,12H2,1-2H3. The third kappa shape index (κ3) is 2.63. The molecule has 2 aliphatic rings. The van der Waals surface area contributed by atoms with Crippen molar-refractivity contribution >= 4 is 5.90 Å². The number of nitriles is 3. The Labute approximate surface area is 180 Å². The molecule has 4 atom stereocenters. The fraction of sp³-hybridized carbons (Fsp3) is 0.333. The minimum atomic E-state index is -1.98. The summed E-state index contributed by atoms with van der Waals surface area (Å²) in [4.78, 5) is 0. The highest BCUT2D eigenvalue weighted by molar-refractivity contribution is 5.89. The van der Waals surface area contributed by atoms with Gasteiger partial charge in [0, 0.05) is 6.92 Å². The van der Waals surface area contributed by atoms with Crippen LogP contribution in [0.15, 0.2) is 54.6 Å². The van der Waals surface area contributed by atoms with Crippen LogP contribution in [0.5, 0.6) is 5.75 Å².